The van der Waals surface area contributed by atoms with Crippen molar-refractivity contribution in [3.63, 3.8) is 0 Å². The first-order valence-electron chi connectivity index (χ1n) is 8.71. The number of rotatable bonds is 5. The number of benzene rings is 2. The Bertz CT molecular complexity index is 921. The van der Waals surface area contributed by atoms with E-state index in [1.807, 2.05) is 33.9 Å². The van der Waals surface area contributed by atoms with Gasteiger partial charge in [0, 0.05) is 22.6 Å². The van der Waals surface area contributed by atoms with Gasteiger partial charge in [0.2, 0.25) is 5.12 Å². The molecule has 0 aliphatic carbocycles. The van der Waals surface area contributed by atoms with Gasteiger partial charge < -0.3 is 4.43 Å². The number of non-ortho nitro benzene ring substituents is 1. The molecule has 0 saturated carbocycles. The molecule has 6 nitrogen and oxygen atoms in total. The first-order valence-corrected chi connectivity index (χ1v) is 12.4. The van der Waals surface area contributed by atoms with Gasteiger partial charge in [0.1, 0.15) is 0 Å². The van der Waals surface area contributed by atoms with Crippen LogP contribution in [0.4, 0.5) is 5.69 Å². The summed E-state index contributed by atoms with van der Waals surface area (Å²) in [4.78, 5) is 36.2. The summed E-state index contributed by atoms with van der Waals surface area (Å²) in [6.45, 7) is 10.1. The second-order valence-electron chi connectivity index (χ2n) is 7.84. The van der Waals surface area contributed by atoms with Gasteiger partial charge >= 0.3 is 5.97 Å². The van der Waals surface area contributed by atoms with Crippen molar-refractivity contribution in [3.05, 3.63) is 69.8 Å². The predicted molar refractivity (Wildman–Crippen MR) is 112 cm³/mol. The van der Waals surface area contributed by atoms with Crippen LogP contribution in [0, 0.1) is 10.1 Å². The van der Waals surface area contributed by atoms with Crippen molar-refractivity contribution in [2.75, 3.05) is 0 Å². The molecule has 148 valence electrons. The van der Waals surface area contributed by atoms with Gasteiger partial charge in [-0.25, -0.2) is 4.79 Å². The molecule has 0 unspecified atom stereocenters. The quantitative estimate of drug-likeness (QED) is 0.269. The Morgan fingerprint density at radius 1 is 1.07 bits per heavy atom. The van der Waals surface area contributed by atoms with Crippen LogP contribution in [0.25, 0.3) is 0 Å². The molecular weight excluding hydrogens is 394 g/mol. The van der Waals surface area contributed by atoms with Gasteiger partial charge in [0.25, 0.3) is 14.0 Å². The summed E-state index contributed by atoms with van der Waals surface area (Å²) >= 11 is 0.859. The van der Waals surface area contributed by atoms with E-state index in [9.17, 15) is 19.7 Å². The maximum absolute atomic E-state index is 12.8. The zero-order valence-corrected chi connectivity index (χ0v) is 18.3. The zero-order valence-electron chi connectivity index (χ0n) is 16.5. The van der Waals surface area contributed by atoms with Gasteiger partial charge in [0.15, 0.2) is 0 Å². The van der Waals surface area contributed by atoms with E-state index in [0.29, 0.717) is 10.5 Å². The largest absolute Gasteiger partial charge is 0.516 e. The summed E-state index contributed by atoms with van der Waals surface area (Å²) in [7, 11) is -2.32. The number of nitro benzene ring substituents is 1. The Balaban J connectivity index is 2.27. The normalized spacial score (nSPS) is 11.8. The zero-order chi connectivity index (χ0) is 21.1. The summed E-state index contributed by atoms with van der Waals surface area (Å²) in [5.74, 6) is -0.457. The van der Waals surface area contributed by atoms with Gasteiger partial charge in [-0.2, -0.15) is 0 Å². The van der Waals surface area contributed by atoms with Crippen LogP contribution in [0.1, 0.15) is 41.5 Å². The second-order valence-corrected chi connectivity index (χ2v) is 13.6. The third-order valence-corrected chi connectivity index (χ3v) is 10.1. The molecule has 0 amide bonds. The molecule has 2 aromatic rings. The van der Waals surface area contributed by atoms with E-state index in [-0.39, 0.29) is 21.4 Å². The van der Waals surface area contributed by atoms with Crippen LogP contribution in [0.2, 0.25) is 18.1 Å². The van der Waals surface area contributed by atoms with Gasteiger partial charge in [0.05, 0.1) is 10.5 Å². The number of nitro groups is 1. The lowest BCUT2D eigenvalue weighted by Crippen LogP contribution is -2.42. The minimum atomic E-state index is -2.32. The van der Waals surface area contributed by atoms with E-state index in [1.54, 1.807) is 24.3 Å². The molecule has 0 atom stereocenters. The summed E-state index contributed by atoms with van der Waals surface area (Å²) in [6, 6.07) is 12.3. The highest BCUT2D eigenvalue weighted by Crippen LogP contribution is 2.38. The minimum Gasteiger partial charge on any atom is -0.516 e. The lowest BCUT2D eigenvalue weighted by atomic mass is 10.2. The number of carbonyl (C=O) groups excluding carboxylic acids is 2. The molecular formula is C20H23NO5SSi. The molecule has 2 aromatic carbocycles. The van der Waals surface area contributed by atoms with Crippen molar-refractivity contribution in [1.29, 1.82) is 0 Å². The Hall–Kier alpha value is -2.45. The average molecular weight is 418 g/mol. The van der Waals surface area contributed by atoms with Crippen LogP contribution in [0.3, 0.4) is 0 Å². The van der Waals surface area contributed by atoms with Gasteiger partial charge in [-0.3, -0.25) is 14.9 Å². The molecule has 0 aliphatic heterocycles. The third kappa shape index (κ3) is 5.08. The molecule has 0 heterocycles. The topological polar surface area (TPSA) is 86.5 Å². The third-order valence-electron chi connectivity index (χ3n) is 4.76. The molecule has 0 bridgehead atoms. The van der Waals surface area contributed by atoms with E-state index in [4.69, 9.17) is 4.43 Å². The van der Waals surface area contributed by atoms with Crippen molar-refractivity contribution >= 4 is 36.9 Å². The highest BCUT2D eigenvalue weighted by atomic mass is 32.2. The molecule has 2 rings (SSSR count). The minimum absolute atomic E-state index is 0.135. The molecule has 0 N–H and O–H groups in total. The SMILES string of the molecule is CC(C)(C)[Si](C)(C)OC(=O)c1ccccc1SC(=O)c1cccc([N+](=O)[O-])c1. The lowest BCUT2D eigenvalue weighted by molar-refractivity contribution is -0.384. The van der Waals surface area contributed by atoms with E-state index in [1.165, 1.54) is 24.3 Å². The fourth-order valence-electron chi connectivity index (χ4n) is 2.07. The van der Waals surface area contributed by atoms with Crippen LogP contribution in [0.15, 0.2) is 53.4 Å². The average Bonchev–Trinajstić information content (AvgIpc) is 2.60. The highest BCUT2D eigenvalue weighted by Gasteiger charge is 2.40. The summed E-state index contributed by atoms with van der Waals surface area (Å²) in [5.41, 5.74) is 0.361. The van der Waals surface area contributed by atoms with Gasteiger partial charge in [-0.1, -0.05) is 39.0 Å². The van der Waals surface area contributed by atoms with Crippen LogP contribution >= 0.6 is 11.8 Å². The fourth-order valence-corrected chi connectivity index (χ4v) is 3.80. The maximum Gasteiger partial charge on any atom is 0.325 e. The molecule has 0 spiro atoms. The predicted octanol–water partition coefficient (Wildman–Crippen LogP) is 5.69. The molecule has 8 heteroatoms. The smallest absolute Gasteiger partial charge is 0.325 e. The number of hydrogen-bond donors (Lipinski definition) is 0. The van der Waals surface area contributed by atoms with Crippen molar-refractivity contribution in [3.8, 4) is 0 Å². The highest BCUT2D eigenvalue weighted by molar-refractivity contribution is 8.14. The molecule has 0 aliphatic rings. The maximum atomic E-state index is 12.8. The Morgan fingerprint density at radius 2 is 1.71 bits per heavy atom. The number of thioether (sulfide) groups is 1. The number of nitrogens with zero attached hydrogens (tertiary/aromatic N) is 1. The van der Waals surface area contributed by atoms with E-state index in [2.05, 4.69) is 0 Å². The standard InChI is InChI=1S/C20H23NO5SSi/c1-20(2,3)28(4,5)26-18(22)16-11-6-7-12-17(16)27-19(23)14-9-8-10-15(13-14)21(24)25/h6-13H,1-5H3. The van der Waals surface area contributed by atoms with Crippen LogP contribution in [0.5, 0.6) is 0 Å². The lowest BCUT2D eigenvalue weighted by Gasteiger charge is -2.35. The molecule has 0 aromatic heterocycles. The van der Waals surface area contributed by atoms with E-state index in [0.717, 1.165) is 11.8 Å². The first kappa shape index (κ1) is 21.8. The first-order chi connectivity index (χ1) is 12.9. The Kier molecular flexibility index (Phi) is 6.46. The fraction of sp³-hybridized carbons (Fsp3) is 0.300. The molecule has 0 radical (unpaired) electrons. The van der Waals surface area contributed by atoms with Crippen molar-refractivity contribution in [1.82, 2.24) is 0 Å². The number of carbonyl (C=O) groups is 2. The summed E-state index contributed by atoms with van der Waals surface area (Å²) in [6.07, 6.45) is 0. The summed E-state index contributed by atoms with van der Waals surface area (Å²) < 4.78 is 5.85. The molecule has 0 saturated heterocycles. The van der Waals surface area contributed by atoms with Crippen molar-refractivity contribution in [2.45, 2.75) is 43.8 Å². The number of hydrogen-bond acceptors (Lipinski definition) is 6. The van der Waals surface area contributed by atoms with E-state index < -0.39 is 19.2 Å². The van der Waals surface area contributed by atoms with Crippen LogP contribution in [-0.4, -0.2) is 24.3 Å². The second kappa shape index (κ2) is 8.28. The Labute approximate surface area is 169 Å². The molecule has 28 heavy (non-hydrogen) atoms. The van der Waals surface area contributed by atoms with E-state index >= 15 is 0 Å². The van der Waals surface area contributed by atoms with Crippen LogP contribution in [-0.2, 0) is 4.43 Å². The van der Waals surface area contributed by atoms with Crippen molar-refractivity contribution < 1.29 is 18.9 Å². The van der Waals surface area contributed by atoms with Crippen molar-refractivity contribution in [2.24, 2.45) is 0 Å². The Morgan fingerprint density at radius 3 is 2.32 bits per heavy atom. The van der Waals surface area contributed by atoms with Gasteiger partial charge in [-0.05, 0) is 48.1 Å². The van der Waals surface area contributed by atoms with Crippen LogP contribution < -0.4 is 0 Å². The monoisotopic (exact) mass is 417 g/mol. The summed E-state index contributed by atoms with van der Waals surface area (Å²) in [5, 5.41) is 10.4. The van der Waals surface area contributed by atoms with Gasteiger partial charge in [-0.15, -0.1) is 0 Å². The molecule has 0 fully saturated rings.